The van der Waals surface area contributed by atoms with E-state index in [2.05, 4.69) is 0 Å². The fourth-order valence-electron chi connectivity index (χ4n) is 4.55. The van der Waals surface area contributed by atoms with E-state index in [1.807, 2.05) is 18.2 Å². The van der Waals surface area contributed by atoms with Crippen LogP contribution >= 0.6 is 0 Å². The minimum Gasteiger partial charge on any atom is -0.480 e. The first kappa shape index (κ1) is 23.7. The van der Waals surface area contributed by atoms with Gasteiger partial charge in [0, 0.05) is 24.4 Å². The fourth-order valence-corrected chi connectivity index (χ4v) is 5.92. The van der Waals surface area contributed by atoms with E-state index in [0.29, 0.717) is 27.7 Å². The molecule has 9 nitrogen and oxygen atoms in total. The molecule has 5 rings (SSSR count). The van der Waals surface area contributed by atoms with Crippen molar-refractivity contribution in [1.29, 1.82) is 0 Å². The van der Waals surface area contributed by atoms with E-state index in [9.17, 15) is 27.9 Å². The molecule has 0 spiro atoms. The molecule has 1 aliphatic rings. The Morgan fingerprint density at radius 3 is 2.22 bits per heavy atom. The van der Waals surface area contributed by atoms with E-state index >= 15 is 0 Å². The van der Waals surface area contributed by atoms with Crippen LogP contribution in [0.3, 0.4) is 0 Å². The van der Waals surface area contributed by atoms with Crippen LogP contribution in [-0.4, -0.2) is 60.1 Å². The summed E-state index contributed by atoms with van der Waals surface area (Å²) in [5, 5.41) is 11.2. The van der Waals surface area contributed by atoms with Crippen LogP contribution in [0.25, 0.3) is 21.9 Å². The van der Waals surface area contributed by atoms with Crippen LogP contribution < -0.4 is 0 Å². The fraction of sp³-hybridized carbons (Fsp3) is 0.192. The molecule has 0 bridgehead atoms. The van der Waals surface area contributed by atoms with E-state index in [4.69, 9.17) is 4.42 Å². The quantitative estimate of drug-likeness (QED) is 0.361. The highest BCUT2D eigenvalue weighted by Gasteiger charge is 2.36. The van der Waals surface area contributed by atoms with E-state index < -0.39 is 33.8 Å². The van der Waals surface area contributed by atoms with Crippen molar-refractivity contribution in [3.05, 3.63) is 77.9 Å². The summed E-state index contributed by atoms with van der Waals surface area (Å²) in [6.07, 6.45) is 0.0308. The maximum absolute atomic E-state index is 13.4. The predicted molar refractivity (Wildman–Crippen MR) is 131 cm³/mol. The zero-order chi connectivity index (χ0) is 25.6. The van der Waals surface area contributed by atoms with Crippen molar-refractivity contribution in [3.8, 4) is 0 Å². The first-order valence-corrected chi connectivity index (χ1v) is 12.7. The second kappa shape index (κ2) is 8.89. The lowest BCUT2D eigenvalue weighted by Crippen LogP contribution is -2.43. The second-order valence-corrected chi connectivity index (χ2v) is 10.6. The monoisotopic (exact) mass is 506 g/mol. The number of hydrogen-bond donors (Lipinski definition) is 1. The maximum Gasteiger partial charge on any atom is 0.322 e. The van der Waals surface area contributed by atoms with Gasteiger partial charge in [0.25, 0.3) is 11.8 Å². The zero-order valence-electron chi connectivity index (χ0n) is 19.2. The first-order chi connectivity index (χ1) is 17.2. The van der Waals surface area contributed by atoms with E-state index in [0.717, 1.165) is 14.6 Å². The summed E-state index contributed by atoms with van der Waals surface area (Å²) in [7, 11) is -2.96. The van der Waals surface area contributed by atoms with Gasteiger partial charge in [-0.1, -0.05) is 30.3 Å². The van der Waals surface area contributed by atoms with Crippen LogP contribution in [0.15, 0.2) is 76.0 Å². The van der Waals surface area contributed by atoms with Crippen molar-refractivity contribution in [1.82, 2.24) is 9.21 Å². The molecule has 36 heavy (non-hydrogen) atoms. The molecule has 0 fully saturated rings. The number of furan rings is 1. The van der Waals surface area contributed by atoms with Gasteiger partial charge in [0.2, 0.25) is 10.0 Å². The summed E-state index contributed by atoms with van der Waals surface area (Å²) < 4.78 is 33.3. The summed E-state index contributed by atoms with van der Waals surface area (Å²) in [5.74, 6) is -2.20. The third-order valence-electron chi connectivity index (χ3n) is 6.49. The Kier molecular flexibility index (Phi) is 5.85. The number of fused-ring (bicyclic) bond motifs is 4. The molecule has 2 amide bonds. The number of carboxylic acid groups (broad SMARTS) is 1. The predicted octanol–water partition coefficient (Wildman–Crippen LogP) is 3.74. The third kappa shape index (κ3) is 3.84. The van der Waals surface area contributed by atoms with Gasteiger partial charge in [0.1, 0.15) is 17.2 Å². The number of imide groups is 1. The molecule has 1 N–H and O–H groups in total. The molecule has 10 heteroatoms. The molecule has 0 saturated carbocycles. The first-order valence-electron chi connectivity index (χ1n) is 11.3. The number of sulfonamides is 1. The smallest absolute Gasteiger partial charge is 0.322 e. The Hall–Kier alpha value is -4.02. The van der Waals surface area contributed by atoms with E-state index in [1.54, 1.807) is 36.4 Å². The number of amides is 2. The van der Waals surface area contributed by atoms with Crippen LogP contribution in [0.2, 0.25) is 0 Å². The molecule has 4 aromatic rings. The number of carbonyl (C=O) groups excluding carboxylic acids is 2. The molecule has 2 heterocycles. The Labute approximate surface area is 206 Å². The number of carbonyl (C=O) groups is 3. The van der Waals surface area contributed by atoms with Gasteiger partial charge in [0.05, 0.1) is 16.0 Å². The van der Waals surface area contributed by atoms with Crippen molar-refractivity contribution in [2.24, 2.45) is 0 Å². The number of benzene rings is 3. The lowest BCUT2D eigenvalue weighted by atomic mass is 10.1. The standard InChI is InChI=1S/C26H22N2O7S/c1-27(36(33,34)16-12-13-23-20(15-16)17-7-4-5-11-22(17)35-23)21(26(31)32)10-6-14-28-24(29)18-8-2-3-9-19(18)25(28)30/h2-5,7-9,11-13,15,21H,6,10,14H2,1H3,(H,31,32). The molecular weight excluding hydrogens is 484 g/mol. The van der Waals surface area contributed by atoms with Crippen LogP contribution in [0.5, 0.6) is 0 Å². The molecule has 0 aliphatic carbocycles. The van der Waals surface area contributed by atoms with Crippen molar-refractivity contribution < 1.29 is 32.3 Å². The van der Waals surface area contributed by atoms with Crippen LogP contribution in [0, 0.1) is 0 Å². The highest BCUT2D eigenvalue weighted by Crippen LogP contribution is 2.31. The summed E-state index contributed by atoms with van der Waals surface area (Å²) in [5.41, 5.74) is 1.75. The molecule has 1 aliphatic heterocycles. The molecule has 184 valence electrons. The lowest BCUT2D eigenvalue weighted by Gasteiger charge is -2.25. The van der Waals surface area contributed by atoms with Crippen LogP contribution in [-0.2, 0) is 14.8 Å². The van der Waals surface area contributed by atoms with Crippen LogP contribution in [0.4, 0.5) is 0 Å². The number of rotatable bonds is 8. The molecule has 1 unspecified atom stereocenters. The minimum atomic E-state index is -4.17. The van der Waals surface area contributed by atoms with Crippen LogP contribution in [0.1, 0.15) is 33.6 Å². The number of hydrogen-bond acceptors (Lipinski definition) is 6. The summed E-state index contributed by atoms with van der Waals surface area (Å²) >= 11 is 0. The van der Waals surface area contributed by atoms with Gasteiger partial charge in [-0.15, -0.1) is 0 Å². The Bertz CT molecular complexity index is 1610. The van der Waals surface area contributed by atoms with Gasteiger partial charge >= 0.3 is 5.97 Å². The number of likely N-dealkylation sites (N-methyl/N-ethyl adjacent to an activating group) is 1. The minimum absolute atomic E-state index is 0.0169. The average molecular weight is 507 g/mol. The van der Waals surface area contributed by atoms with Gasteiger partial charge in [-0.2, -0.15) is 4.31 Å². The van der Waals surface area contributed by atoms with Gasteiger partial charge in [-0.3, -0.25) is 19.3 Å². The molecule has 0 saturated heterocycles. The van der Waals surface area contributed by atoms with Crippen molar-refractivity contribution in [2.45, 2.75) is 23.8 Å². The Morgan fingerprint density at radius 1 is 0.944 bits per heavy atom. The SMILES string of the molecule is CN(C(CCCN1C(=O)c2ccccc2C1=O)C(=O)O)S(=O)(=O)c1ccc2oc3ccccc3c2c1. The van der Waals surface area contributed by atoms with Gasteiger partial charge < -0.3 is 9.52 Å². The van der Waals surface area contributed by atoms with E-state index in [1.165, 1.54) is 19.2 Å². The molecule has 1 aromatic heterocycles. The number of nitrogens with zero attached hydrogens (tertiary/aromatic N) is 2. The average Bonchev–Trinajstić information content (AvgIpc) is 3.36. The molecule has 3 aromatic carbocycles. The molecule has 1 atom stereocenters. The largest absolute Gasteiger partial charge is 0.480 e. The lowest BCUT2D eigenvalue weighted by molar-refractivity contribution is -0.141. The highest BCUT2D eigenvalue weighted by atomic mass is 32.2. The van der Waals surface area contributed by atoms with Gasteiger partial charge in [-0.05, 0) is 49.2 Å². The normalized spacial score (nSPS) is 14.7. The summed E-state index contributed by atoms with van der Waals surface area (Å²) in [6.45, 7) is -0.0169. The second-order valence-electron chi connectivity index (χ2n) is 8.58. The molecular formula is C26H22N2O7S. The maximum atomic E-state index is 13.4. The third-order valence-corrected chi connectivity index (χ3v) is 8.35. The van der Waals surface area contributed by atoms with Gasteiger partial charge in [-0.25, -0.2) is 8.42 Å². The van der Waals surface area contributed by atoms with Crippen molar-refractivity contribution in [2.75, 3.05) is 13.6 Å². The van der Waals surface area contributed by atoms with Gasteiger partial charge in [0.15, 0.2) is 0 Å². The highest BCUT2D eigenvalue weighted by molar-refractivity contribution is 7.89. The Morgan fingerprint density at radius 2 is 1.56 bits per heavy atom. The van der Waals surface area contributed by atoms with Crippen molar-refractivity contribution in [3.63, 3.8) is 0 Å². The Balaban J connectivity index is 1.34. The number of carboxylic acids is 1. The number of aliphatic carboxylic acids is 1. The van der Waals surface area contributed by atoms with E-state index in [-0.39, 0.29) is 24.3 Å². The molecule has 0 radical (unpaired) electrons. The topological polar surface area (TPSA) is 125 Å². The zero-order valence-corrected chi connectivity index (χ0v) is 20.1. The summed E-state index contributed by atoms with van der Waals surface area (Å²) in [4.78, 5) is 38.1. The number of para-hydroxylation sites is 1. The summed E-state index contributed by atoms with van der Waals surface area (Å²) in [6, 6.07) is 16.7. The van der Waals surface area contributed by atoms with Crippen molar-refractivity contribution >= 4 is 49.7 Å².